The Kier molecular flexibility index (Phi) is 3.75. The van der Waals surface area contributed by atoms with Crippen molar-refractivity contribution >= 4 is 5.91 Å². The summed E-state index contributed by atoms with van der Waals surface area (Å²) in [5, 5.41) is 2.92. The predicted octanol–water partition coefficient (Wildman–Crippen LogP) is 1.60. The zero-order valence-electron chi connectivity index (χ0n) is 8.05. The lowest BCUT2D eigenvalue weighted by molar-refractivity contribution is -0.120. The smallest absolute Gasteiger partial charge is 0.300 e. The minimum absolute atomic E-state index is 0.0246. The molecule has 0 aromatic rings. The first-order chi connectivity index (χ1) is 6.24. The third-order valence-electron chi connectivity index (χ3n) is 2.68. The molecule has 1 aliphatic carbocycles. The van der Waals surface area contributed by atoms with Crippen molar-refractivity contribution in [2.75, 3.05) is 6.54 Å². The van der Waals surface area contributed by atoms with Crippen molar-refractivity contribution in [1.82, 2.24) is 5.32 Å². The molecule has 0 saturated heterocycles. The number of hydrogen-bond donors (Lipinski definition) is 1. The number of nitrogens with zero attached hydrogens (tertiary/aromatic N) is 1. The van der Waals surface area contributed by atoms with Gasteiger partial charge in [0.15, 0.2) is 0 Å². The van der Waals surface area contributed by atoms with Gasteiger partial charge in [-0.15, -0.1) is 0 Å². The van der Waals surface area contributed by atoms with Crippen LogP contribution in [0.15, 0.2) is 0 Å². The van der Waals surface area contributed by atoms with Crippen molar-refractivity contribution in [2.24, 2.45) is 5.92 Å². The van der Waals surface area contributed by atoms with Crippen LogP contribution in [0.4, 0.5) is 0 Å². The number of hydrogen-bond acceptors (Lipinski definition) is 1. The van der Waals surface area contributed by atoms with E-state index in [2.05, 4.69) is 17.1 Å². The highest BCUT2D eigenvalue weighted by molar-refractivity contribution is 5.79. The van der Waals surface area contributed by atoms with Gasteiger partial charge in [-0.1, -0.05) is 19.8 Å². The van der Waals surface area contributed by atoms with E-state index >= 15 is 0 Å². The van der Waals surface area contributed by atoms with Crippen LogP contribution in [0.2, 0.25) is 0 Å². The van der Waals surface area contributed by atoms with Crippen molar-refractivity contribution in [2.45, 2.75) is 38.6 Å². The standard InChI is InChI=1S/C10H16N2O/c1-8-5-3-4-6-9(8)12-10(13)7-11-2/h8-9H,3-7H2,1H3,(H,12,13). The summed E-state index contributed by atoms with van der Waals surface area (Å²) < 4.78 is 0. The van der Waals surface area contributed by atoms with E-state index in [9.17, 15) is 4.79 Å². The molecule has 0 aromatic carbocycles. The molecule has 2 unspecified atom stereocenters. The summed E-state index contributed by atoms with van der Waals surface area (Å²) in [4.78, 5) is 14.2. The molecule has 1 rings (SSSR count). The van der Waals surface area contributed by atoms with Gasteiger partial charge in [0.05, 0.1) is 0 Å². The summed E-state index contributed by atoms with van der Waals surface area (Å²) in [5.74, 6) is 0.456. The molecule has 0 bridgehead atoms. The fraction of sp³-hybridized carbons (Fsp3) is 0.800. The van der Waals surface area contributed by atoms with Crippen LogP contribution in [0.5, 0.6) is 0 Å². The van der Waals surface area contributed by atoms with Crippen LogP contribution in [0, 0.1) is 12.5 Å². The number of nitrogens with one attached hydrogen (secondary N) is 1. The van der Waals surface area contributed by atoms with Crippen LogP contribution in [0.3, 0.4) is 0 Å². The first-order valence-electron chi connectivity index (χ1n) is 4.86. The van der Waals surface area contributed by atoms with Crippen LogP contribution in [0.1, 0.15) is 32.6 Å². The predicted molar refractivity (Wildman–Crippen MR) is 51.0 cm³/mol. The van der Waals surface area contributed by atoms with E-state index in [1.54, 1.807) is 0 Å². The van der Waals surface area contributed by atoms with Crippen LogP contribution in [0.25, 0.3) is 4.85 Å². The van der Waals surface area contributed by atoms with Gasteiger partial charge in [-0.05, 0) is 18.8 Å². The van der Waals surface area contributed by atoms with E-state index < -0.39 is 0 Å². The van der Waals surface area contributed by atoms with Crippen molar-refractivity contribution in [3.05, 3.63) is 11.4 Å². The second kappa shape index (κ2) is 4.86. The van der Waals surface area contributed by atoms with Crippen molar-refractivity contribution in [1.29, 1.82) is 0 Å². The minimum atomic E-state index is -0.117. The third-order valence-corrected chi connectivity index (χ3v) is 2.68. The highest BCUT2D eigenvalue weighted by atomic mass is 16.1. The Morgan fingerprint density at radius 1 is 1.54 bits per heavy atom. The topological polar surface area (TPSA) is 33.5 Å². The molecule has 1 saturated carbocycles. The highest BCUT2D eigenvalue weighted by Crippen LogP contribution is 2.23. The molecule has 0 radical (unpaired) electrons. The number of carbonyl (C=O) groups is 1. The normalized spacial score (nSPS) is 27.7. The Morgan fingerprint density at radius 3 is 2.85 bits per heavy atom. The van der Waals surface area contributed by atoms with E-state index in [0.717, 1.165) is 6.42 Å². The van der Waals surface area contributed by atoms with E-state index in [-0.39, 0.29) is 12.5 Å². The van der Waals surface area contributed by atoms with Gasteiger partial charge in [0.25, 0.3) is 12.5 Å². The summed E-state index contributed by atoms with van der Waals surface area (Å²) in [5.41, 5.74) is 0. The van der Waals surface area contributed by atoms with Gasteiger partial charge in [-0.25, -0.2) is 6.57 Å². The molecule has 1 fully saturated rings. The second-order valence-corrected chi connectivity index (χ2v) is 3.75. The van der Waals surface area contributed by atoms with E-state index in [4.69, 9.17) is 6.57 Å². The highest BCUT2D eigenvalue weighted by Gasteiger charge is 2.23. The van der Waals surface area contributed by atoms with Gasteiger partial charge in [-0.3, -0.25) is 4.79 Å². The zero-order valence-corrected chi connectivity index (χ0v) is 8.05. The van der Waals surface area contributed by atoms with E-state index in [0.29, 0.717) is 12.0 Å². The molecule has 0 aliphatic heterocycles. The lowest BCUT2D eigenvalue weighted by Gasteiger charge is -2.28. The van der Waals surface area contributed by atoms with Crippen LogP contribution in [-0.2, 0) is 4.79 Å². The Labute approximate surface area is 79.3 Å². The fourth-order valence-electron chi connectivity index (χ4n) is 1.85. The molecule has 3 nitrogen and oxygen atoms in total. The molecule has 0 spiro atoms. The zero-order chi connectivity index (χ0) is 9.68. The molecule has 13 heavy (non-hydrogen) atoms. The summed E-state index contributed by atoms with van der Waals surface area (Å²) in [6.45, 7) is 8.71. The molecule has 0 aromatic heterocycles. The Morgan fingerprint density at radius 2 is 2.23 bits per heavy atom. The molecular weight excluding hydrogens is 164 g/mol. The Balaban J connectivity index is 2.34. The lowest BCUT2D eigenvalue weighted by atomic mass is 9.86. The molecule has 2 atom stereocenters. The average molecular weight is 180 g/mol. The van der Waals surface area contributed by atoms with Crippen LogP contribution < -0.4 is 5.32 Å². The molecule has 0 heterocycles. The maximum Gasteiger partial charge on any atom is 0.300 e. The average Bonchev–Trinajstić information content (AvgIpc) is 2.09. The van der Waals surface area contributed by atoms with Gasteiger partial charge in [0.2, 0.25) is 0 Å². The van der Waals surface area contributed by atoms with E-state index in [1.165, 1.54) is 19.3 Å². The maximum atomic E-state index is 11.1. The molecule has 3 heteroatoms. The quantitative estimate of drug-likeness (QED) is 0.643. The van der Waals surface area contributed by atoms with E-state index in [1.807, 2.05) is 0 Å². The minimum Gasteiger partial charge on any atom is -0.347 e. The van der Waals surface area contributed by atoms with Crippen molar-refractivity contribution in [3.63, 3.8) is 0 Å². The van der Waals surface area contributed by atoms with Crippen molar-refractivity contribution in [3.8, 4) is 0 Å². The number of carbonyl (C=O) groups excluding carboxylic acids is 1. The second-order valence-electron chi connectivity index (χ2n) is 3.75. The van der Waals surface area contributed by atoms with Gasteiger partial charge in [0.1, 0.15) is 0 Å². The maximum absolute atomic E-state index is 11.1. The van der Waals surface area contributed by atoms with Gasteiger partial charge >= 0.3 is 0 Å². The summed E-state index contributed by atoms with van der Waals surface area (Å²) >= 11 is 0. The largest absolute Gasteiger partial charge is 0.347 e. The first kappa shape index (κ1) is 10.0. The summed E-state index contributed by atoms with van der Waals surface area (Å²) in [6.07, 6.45) is 4.75. The molecule has 1 N–H and O–H groups in total. The third kappa shape index (κ3) is 3.06. The molecule has 1 aliphatic rings. The van der Waals surface area contributed by atoms with Crippen LogP contribution in [-0.4, -0.2) is 18.5 Å². The number of amides is 1. The van der Waals surface area contributed by atoms with Gasteiger partial charge in [0, 0.05) is 6.04 Å². The number of rotatable bonds is 2. The Bertz CT molecular complexity index is 219. The molecule has 72 valence electrons. The first-order valence-corrected chi connectivity index (χ1v) is 4.86. The molecular formula is C10H16N2O. The molecule has 1 amide bonds. The SMILES string of the molecule is [C-]#[N+]CC(=O)NC1CCCCC1C. The summed E-state index contributed by atoms with van der Waals surface area (Å²) in [6, 6.07) is 0.308. The van der Waals surface area contributed by atoms with Crippen molar-refractivity contribution < 1.29 is 4.79 Å². The fourth-order valence-corrected chi connectivity index (χ4v) is 1.85. The lowest BCUT2D eigenvalue weighted by Crippen LogP contribution is -2.41. The van der Waals surface area contributed by atoms with Gasteiger partial charge < -0.3 is 10.2 Å². The van der Waals surface area contributed by atoms with Crippen LogP contribution >= 0.6 is 0 Å². The summed E-state index contributed by atoms with van der Waals surface area (Å²) in [7, 11) is 0. The monoisotopic (exact) mass is 180 g/mol. The Hall–Kier alpha value is -1.04. The van der Waals surface area contributed by atoms with Gasteiger partial charge in [-0.2, -0.15) is 0 Å².